The van der Waals surface area contributed by atoms with Gasteiger partial charge in [0, 0.05) is 18.1 Å². The van der Waals surface area contributed by atoms with E-state index in [4.69, 9.17) is 0 Å². The summed E-state index contributed by atoms with van der Waals surface area (Å²) < 4.78 is 39.8. The second kappa shape index (κ2) is 6.34. The lowest BCUT2D eigenvalue weighted by molar-refractivity contribution is -0.137. The van der Waals surface area contributed by atoms with Crippen LogP contribution in [0, 0.1) is 6.92 Å². The van der Waals surface area contributed by atoms with E-state index in [0.29, 0.717) is 11.6 Å². The van der Waals surface area contributed by atoms with Gasteiger partial charge in [-0.2, -0.15) is 13.2 Å². The highest BCUT2D eigenvalue weighted by molar-refractivity contribution is 6.02. The van der Waals surface area contributed by atoms with Crippen LogP contribution < -0.4 is 5.32 Å². The van der Waals surface area contributed by atoms with Crippen LogP contribution in [0.2, 0.25) is 0 Å². The predicted molar refractivity (Wildman–Crippen MR) is 83.3 cm³/mol. The molecule has 0 atom stereocenters. The van der Waals surface area contributed by atoms with Gasteiger partial charge >= 0.3 is 6.18 Å². The standard InChI is InChI=1S/C16H12F3N5O/c1-10-20-7-8-24(10)14-6-5-13(22-23-14)15(25)21-12-4-2-3-11(9-12)16(17,18)19/h2-9H,1H3,(H,21,25). The number of nitrogens with one attached hydrogen (secondary N) is 1. The second-order valence-corrected chi connectivity index (χ2v) is 5.15. The van der Waals surface area contributed by atoms with Crippen LogP contribution in [0.3, 0.4) is 0 Å². The SMILES string of the molecule is Cc1nccn1-c1ccc(C(=O)Nc2cccc(C(F)(F)F)c2)nn1. The molecule has 25 heavy (non-hydrogen) atoms. The van der Waals surface area contributed by atoms with Gasteiger partial charge in [0.15, 0.2) is 11.5 Å². The van der Waals surface area contributed by atoms with Gasteiger partial charge in [-0.15, -0.1) is 10.2 Å². The Balaban J connectivity index is 1.77. The van der Waals surface area contributed by atoms with E-state index in [1.807, 2.05) is 0 Å². The average molecular weight is 347 g/mol. The second-order valence-electron chi connectivity index (χ2n) is 5.15. The zero-order valence-corrected chi connectivity index (χ0v) is 12.9. The fraction of sp³-hybridized carbons (Fsp3) is 0.125. The highest BCUT2D eigenvalue weighted by Gasteiger charge is 2.30. The Morgan fingerprint density at radius 2 is 1.96 bits per heavy atom. The maximum Gasteiger partial charge on any atom is 0.416 e. The fourth-order valence-corrected chi connectivity index (χ4v) is 2.16. The zero-order valence-electron chi connectivity index (χ0n) is 12.9. The maximum atomic E-state index is 12.7. The van der Waals surface area contributed by atoms with Gasteiger partial charge < -0.3 is 5.32 Å². The Hall–Kier alpha value is -3.23. The summed E-state index contributed by atoms with van der Waals surface area (Å²) in [5.74, 6) is 0.529. The molecule has 0 saturated heterocycles. The summed E-state index contributed by atoms with van der Waals surface area (Å²) in [6, 6.07) is 7.37. The molecule has 3 aromatic rings. The Morgan fingerprint density at radius 1 is 1.16 bits per heavy atom. The third-order valence-electron chi connectivity index (χ3n) is 3.40. The van der Waals surface area contributed by atoms with Gasteiger partial charge in [-0.25, -0.2) is 4.98 Å². The molecule has 3 rings (SSSR count). The molecular formula is C16H12F3N5O. The predicted octanol–water partition coefficient (Wildman–Crippen LogP) is 3.24. The minimum absolute atomic E-state index is 0.0149. The number of alkyl halides is 3. The maximum absolute atomic E-state index is 12.7. The number of benzene rings is 1. The molecule has 0 aliphatic carbocycles. The molecule has 0 saturated carbocycles. The van der Waals surface area contributed by atoms with Gasteiger partial charge in [-0.3, -0.25) is 9.36 Å². The first kappa shape index (κ1) is 16.6. The molecule has 0 aliphatic heterocycles. The number of aromatic nitrogens is 4. The van der Waals surface area contributed by atoms with Crippen LogP contribution in [-0.2, 0) is 6.18 Å². The highest BCUT2D eigenvalue weighted by atomic mass is 19.4. The van der Waals surface area contributed by atoms with Crippen LogP contribution in [0.4, 0.5) is 18.9 Å². The minimum Gasteiger partial charge on any atom is -0.321 e. The molecule has 0 radical (unpaired) electrons. The summed E-state index contributed by atoms with van der Waals surface area (Å²) in [5.41, 5.74) is -0.836. The molecule has 0 spiro atoms. The molecule has 128 valence electrons. The number of aryl methyl sites for hydroxylation is 1. The third-order valence-corrected chi connectivity index (χ3v) is 3.40. The van der Waals surface area contributed by atoms with Crippen molar-refractivity contribution in [2.45, 2.75) is 13.1 Å². The number of amides is 1. The topological polar surface area (TPSA) is 72.7 Å². The third kappa shape index (κ3) is 3.65. The summed E-state index contributed by atoms with van der Waals surface area (Å²) >= 11 is 0. The summed E-state index contributed by atoms with van der Waals surface area (Å²) in [7, 11) is 0. The van der Waals surface area contributed by atoms with Crippen molar-refractivity contribution in [1.29, 1.82) is 0 Å². The Morgan fingerprint density at radius 3 is 2.56 bits per heavy atom. The quantitative estimate of drug-likeness (QED) is 0.789. The van der Waals surface area contributed by atoms with Crippen LogP contribution >= 0.6 is 0 Å². The number of carbonyl (C=O) groups is 1. The minimum atomic E-state index is -4.48. The number of hydrogen-bond donors (Lipinski definition) is 1. The van der Waals surface area contributed by atoms with Crippen LogP contribution in [0.15, 0.2) is 48.8 Å². The molecule has 6 nitrogen and oxygen atoms in total. The van der Waals surface area contributed by atoms with E-state index in [1.54, 1.807) is 30.0 Å². The van der Waals surface area contributed by atoms with Crippen molar-refractivity contribution in [2.24, 2.45) is 0 Å². The van der Waals surface area contributed by atoms with E-state index in [1.165, 1.54) is 18.2 Å². The first-order chi connectivity index (χ1) is 11.8. The van der Waals surface area contributed by atoms with Crippen molar-refractivity contribution in [3.05, 3.63) is 65.9 Å². The zero-order chi connectivity index (χ0) is 18.0. The fourth-order valence-electron chi connectivity index (χ4n) is 2.16. The molecule has 0 unspecified atom stereocenters. The van der Waals surface area contributed by atoms with E-state index in [9.17, 15) is 18.0 Å². The Kier molecular flexibility index (Phi) is 4.22. The molecule has 0 bridgehead atoms. The van der Waals surface area contributed by atoms with E-state index in [-0.39, 0.29) is 11.4 Å². The number of rotatable bonds is 3. The van der Waals surface area contributed by atoms with Gasteiger partial charge in [-0.05, 0) is 37.3 Å². The molecule has 0 aliphatic rings. The van der Waals surface area contributed by atoms with E-state index in [0.717, 1.165) is 12.1 Å². The molecule has 1 amide bonds. The average Bonchev–Trinajstić information content (AvgIpc) is 3.00. The van der Waals surface area contributed by atoms with Crippen molar-refractivity contribution in [3.8, 4) is 5.82 Å². The van der Waals surface area contributed by atoms with Gasteiger partial charge in [0.25, 0.3) is 5.91 Å². The smallest absolute Gasteiger partial charge is 0.321 e. The largest absolute Gasteiger partial charge is 0.416 e. The molecule has 2 heterocycles. The lowest BCUT2D eigenvalue weighted by Gasteiger charge is -2.09. The number of halogens is 3. The molecule has 1 N–H and O–H groups in total. The summed E-state index contributed by atoms with van der Waals surface area (Å²) in [5, 5.41) is 10.1. The summed E-state index contributed by atoms with van der Waals surface area (Å²) in [4.78, 5) is 16.2. The Labute approximate surface area is 140 Å². The molecular weight excluding hydrogens is 335 g/mol. The van der Waals surface area contributed by atoms with E-state index in [2.05, 4.69) is 20.5 Å². The van der Waals surface area contributed by atoms with Crippen LogP contribution in [0.25, 0.3) is 5.82 Å². The van der Waals surface area contributed by atoms with Crippen molar-refractivity contribution < 1.29 is 18.0 Å². The number of hydrogen-bond acceptors (Lipinski definition) is 4. The molecule has 9 heteroatoms. The van der Waals surface area contributed by atoms with Crippen LogP contribution in [-0.4, -0.2) is 25.7 Å². The summed E-state index contributed by atoms with van der Waals surface area (Å²) in [6.45, 7) is 1.79. The van der Waals surface area contributed by atoms with Crippen LogP contribution in [0.1, 0.15) is 21.9 Å². The van der Waals surface area contributed by atoms with Gasteiger partial charge in [0.2, 0.25) is 0 Å². The van der Waals surface area contributed by atoms with Crippen molar-refractivity contribution >= 4 is 11.6 Å². The number of imidazole rings is 1. The lowest BCUT2D eigenvalue weighted by atomic mass is 10.2. The van der Waals surface area contributed by atoms with Crippen molar-refractivity contribution in [3.63, 3.8) is 0 Å². The van der Waals surface area contributed by atoms with Crippen LogP contribution in [0.5, 0.6) is 0 Å². The number of nitrogens with zero attached hydrogens (tertiary/aromatic N) is 4. The van der Waals surface area contributed by atoms with Gasteiger partial charge in [-0.1, -0.05) is 6.07 Å². The molecule has 2 aromatic heterocycles. The van der Waals surface area contributed by atoms with Gasteiger partial charge in [0.1, 0.15) is 5.82 Å². The first-order valence-corrected chi connectivity index (χ1v) is 7.17. The number of anilines is 1. The summed E-state index contributed by atoms with van der Waals surface area (Å²) in [6.07, 6.45) is -1.18. The van der Waals surface area contributed by atoms with Crippen molar-refractivity contribution in [1.82, 2.24) is 19.7 Å². The molecule has 1 aromatic carbocycles. The van der Waals surface area contributed by atoms with E-state index < -0.39 is 17.6 Å². The van der Waals surface area contributed by atoms with E-state index >= 15 is 0 Å². The number of carbonyl (C=O) groups excluding carboxylic acids is 1. The lowest BCUT2D eigenvalue weighted by Crippen LogP contribution is -2.15. The normalized spacial score (nSPS) is 11.4. The first-order valence-electron chi connectivity index (χ1n) is 7.17. The Bertz CT molecular complexity index is 903. The monoisotopic (exact) mass is 347 g/mol. The highest BCUT2D eigenvalue weighted by Crippen LogP contribution is 2.30. The molecule has 0 fully saturated rings. The van der Waals surface area contributed by atoms with Crippen molar-refractivity contribution in [2.75, 3.05) is 5.32 Å². The van der Waals surface area contributed by atoms with Gasteiger partial charge in [0.05, 0.1) is 5.56 Å².